The van der Waals surface area contributed by atoms with E-state index in [9.17, 15) is 21.2 Å². The lowest BCUT2D eigenvalue weighted by atomic mass is 10.2. The molecule has 0 fully saturated rings. The third kappa shape index (κ3) is 3.39. The van der Waals surface area contributed by atoms with Gasteiger partial charge in [-0.2, -0.15) is 0 Å². The molecule has 1 aromatic heterocycles. The van der Waals surface area contributed by atoms with Crippen molar-refractivity contribution in [2.75, 3.05) is 11.0 Å². The molecule has 0 aliphatic carbocycles. The number of nitrogens with one attached hydrogen (secondary N) is 1. The van der Waals surface area contributed by atoms with E-state index in [0.29, 0.717) is 15.6 Å². The predicted molar refractivity (Wildman–Crippen MR) is 96.9 cm³/mol. The molecule has 0 aliphatic rings. The standard InChI is InChI=1S/C16H14FNO4S3/c1-10-12-9-11(17)7-8-14(12)23-16(10)25(21,22)18-13-5-3-4-6-15(13)24(2,19)20/h3-9,18H,1-2H3. The van der Waals surface area contributed by atoms with Crippen molar-refractivity contribution >= 4 is 47.0 Å². The molecular weight excluding hydrogens is 385 g/mol. The number of sulfone groups is 1. The Morgan fingerprint density at radius 2 is 1.72 bits per heavy atom. The molecule has 0 atom stereocenters. The van der Waals surface area contributed by atoms with Crippen molar-refractivity contribution in [3.8, 4) is 0 Å². The fourth-order valence-electron chi connectivity index (χ4n) is 2.49. The van der Waals surface area contributed by atoms with Gasteiger partial charge in [0, 0.05) is 11.0 Å². The summed E-state index contributed by atoms with van der Waals surface area (Å²) in [6.07, 6.45) is 1.01. The molecular formula is C16H14FNO4S3. The number of sulfonamides is 1. The van der Waals surface area contributed by atoms with Crippen LogP contribution in [0.15, 0.2) is 51.6 Å². The van der Waals surface area contributed by atoms with E-state index in [-0.39, 0.29) is 14.8 Å². The Labute approximate surface area is 149 Å². The molecule has 1 N–H and O–H groups in total. The van der Waals surface area contributed by atoms with Crippen LogP contribution in [-0.2, 0) is 19.9 Å². The highest BCUT2D eigenvalue weighted by Crippen LogP contribution is 2.36. The first-order valence-electron chi connectivity index (χ1n) is 7.10. The van der Waals surface area contributed by atoms with Crippen LogP contribution in [0.5, 0.6) is 0 Å². The molecule has 0 aliphatic heterocycles. The molecule has 5 nitrogen and oxygen atoms in total. The number of fused-ring (bicyclic) bond motifs is 1. The first-order valence-corrected chi connectivity index (χ1v) is 11.3. The van der Waals surface area contributed by atoms with Crippen LogP contribution in [0.1, 0.15) is 5.56 Å². The van der Waals surface area contributed by atoms with Crippen LogP contribution >= 0.6 is 11.3 Å². The maximum absolute atomic E-state index is 13.4. The normalized spacial score (nSPS) is 12.4. The average molecular weight is 399 g/mol. The van der Waals surface area contributed by atoms with Crippen molar-refractivity contribution in [1.29, 1.82) is 0 Å². The van der Waals surface area contributed by atoms with E-state index >= 15 is 0 Å². The number of rotatable bonds is 4. The Morgan fingerprint density at radius 3 is 2.40 bits per heavy atom. The Morgan fingerprint density at radius 1 is 1.04 bits per heavy atom. The highest BCUT2D eigenvalue weighted by Gasteiger charge is 2.24. The monoisotopic (exact) mass is 399 g/mol. The Kier molecular flexibility index (Phi) is 4.34. The van der Waals surface area contributed by atoms with Crippen LogP contribution in [0.2, 0.25) is 0 Å². The van der Waals surface area contributed by atoms with Gasteiger partial charge in [-0.3, -0.25) is 4.72 Å². The van der Waals surface area contributed by atoms with Crippen molar-refractivity contribution < 1.29 is 21.2 Å². The summed E-state index contributed by atoms with van der Waals surface area (Å²) in [7, 11) is -7.62. The number of benzene rings is 2. The number of anilines is 1. The summed E-state index contributed by atoms with van der Waals surface area (Å²) in [5, 5.41) is 0.516. The van der Waals surface area contributed by atoms with Gasteiger partial charge >= 0.3 is 0 Å². The van der Waals surface area contributed by atoms with E-state index in [4.69, 9.17) is 0 Å². The molecule has 0 amide bonds. The molecule has 0 saturated carbocycles. The second-order valence-corrected chi connectivity index (χ2v) is 10.4. The smallest absolute Gasteiger partial charge is 0.271 e. The Balaban J connectivity index is 2.12. The highest BCUT2D eigenvalue weighted by molar-refractivity contribution is 7.95. The zero-order valence-electron chi connectivity index (χ0n) is 13.3. The molecule has 3 aromatic rings. The summed E-state index contributed by atoms with van der Waals surface area (Å²) in [5.74, 6) is -0.451. The zero-order chi connectivity index (χ0) is 18.4. The van der Waals surface area contributed by atoms with Gasteiger partial charge in [-0.1, -0.05) is 12.1 Å². The van der Waals surface area contributed by atoms with Crippen LogP contribution in [0.4, 0.5) is 10.1 Å². The van der Waals surface area contributed by atoms with Crippen LogP contribution < -0.4 is 4.72 Å². The third-order valence-corrected chi connectivity index (χ3v) is 8.04. The Hall–Kier alpha value is -1.97. The van der Waals surface area contributed by atoms with Gasteiger partial charge in [0.25, 0.3) is 10.0 Å². The van der Waals surface area contributed by atoms with Crippen molar-refractivity contribution in [2.24, 2.45) is 0 Å². The number of hydrogen-bond donors (Lipinski definition) is 1. The molecule has 0 unspecified atom stereocenters. The van der Waals surface area contributed by atoms with Crippen molar-refractivity contribution in [2.45, 2.75) is 16.0 Å². The van der Waals surface area contributed by atoms with E-state index in [1.54, 1.807) is 13.0 Å². The Bertz CT molecular complexity index is 1180. The maximum atomic E-state index is 13.4. The van der Waals surface area contributed by atoms with E-state index in [0.717, 1.165) is 17.6 Å². The molecule has 0 radical (unpaired) electrons. The van der Waals surface area contributed by atoms with Crippen LogP contribution in [0.3, 0.4) is 0 Å². The number of thiophene rings is 1. The second kappa shape index (κ2) is 6.08. The van der Waals surface area contributed by atoms with Gasteiger partial charge in [0.2, 0.25) is 0 Å². The maximum Gasteiger partial charge on any atom is 0.271 e. The van der Waals surface area contributed by atoms with Gasteiger partial charge in [-0.05, 0) is 48.2 Å². The van der Waals surface area contributed by atoms with E-state index in [1.165, 1.54) is 36.4 Å². The summed E-state index contributed by atoms with van der Waals surface area (Å²) >= 11 is 1.01. The molecule has 132 valence electrons. The quantitative estimate of drug-likeness (QED) is 0.727. The predicted octanol–water partition coefficient (Wildman–Crippen LogP) is 3.55. The topological polar surface area (TPSA) is 80.3 Å². The molecule has 0 bridgehead atoms. The fourth-order valence-corrected chi connectivity index (χ4v) is 6.23. The number of para-hydroxylation sites is 1. The lowest BCUT2D eigenvalue weighted by molar-refractivity contribution is 0.602. The lowest BCUT2D eigenvalue weighted by Gasteiger charge is -2.11. The van der Waals surface area contributed by atoms with E-state index < -0.39 is 25.7 Å². The van der Waals surface area contributed by atoms with Gasteiger partial charge < -0.3 is 0 Å². The minimum absolute atomic E-state index is 0.0203. The summed E-state index contributed by atoms with van der Waals surface area (Å²) in [6.45, 7) is 1.59. The fraction of sp³-hybridized carbons (Fsp3) is 0.125. The number of halogens is 1. The third-order valence-electron chi connectivity index (χ3n) is 3.63. The average Bonchev–Trinajstić information content (AvgIpc) is 2.84. The van der Waals surface area contributed by atoms with Gasteiger partial charge in [-0.25, -0.2) is 21.2 Å². The van der Waals surface area contributed by atoms with Crippen LogP contribution in [0.25, 0.3) is 10.1 Å². The number of aryl methyl sites for hydroxylation is 1. The second-order valence-electron chi connectivity index (χ2n) is 5.53. The largest absolute Gasteiger partial charge is 0.278 e. The highest BCUT2D eigenvalue weighted by atomic mass is 32.2. The first kappa shape index (κ1) is 17.8. The van der Waals surface area contributed by atoms with Crippen molar-refractivity contribution in [1.82, 2.24) is 0 Å². The summed E-state index contributed by atoms with van der Waals surface area (Å²) in [4.78, 5) is -0.108. The molecule has 3 rings (SSSR count). The van der Waals surface area contributed by atoms with Crippen molar-refractivity contribution in [3.63, 3.8) is 0 Å². The number of hydrogen-bond acceptors (Lipinski definition) is 5. The molecule has 1 heterocycles. The molecule has 0 saturated heterocycles. The minimum atomic E-state index is -4.02. The van der Waals surface area contributed by atoms with Crippen LogP contribution in [-0.4, -0.2) is 23.1 Å². The van der Waals surface area contributed by atoms with Gasteiger partial charge in [0.05, 0.1) is 10.6 Å². The van der Waals surface area contributed by atoms with Gasteiger partial charge in [0.15, 0.2) is 9.84 Å². The summed E-state index contributed by atoms with van der Waals surface area (Å²) in [6, 6.07) is 9.84. The summed E-state index contributed by atoms with van der Waals surface area (Å²) in [5.41, 5.74) is 0.400. The van der Waals surface area contributed by atoms with E-state index in [2.05, 4.69) is 4.72 Å². The lowest BCUT2D eigenvalue weighted by Crippen LogP contribution is -2.15. The van der Waals surface area contributed by atoms with Crippen LogP contribution in [0, 0.1) is 12.7 Å². The molecule has 0 spiro atoms. The molecule has 25 heavy (non-hydrogen) atoms. The molecule has 2 aromatic carbocycles. The van der Waals surface area contributed by atoms with E-state index in [1.807, 2.05) is 0 Å². The minimum Gasteiger partial charge on any atom is -0.278 e. The SMILES string of the molecule is Cc1c(S(=O)(=O)Nc2ccccc2S(C)(=O)=O)sc2ccc(F)cc12. The summed E-state index contributed by atoms with van der Waals surface area (Å²) < 4.78 is 65.7. The zero-order valence-corrected chi connectivity index (χ0v) is 15.7. The van der Waals surface area contributed by atoms with Gasteiger partial charge in [-0.15, -0.1) is 11.3 Å². The van der Waals surface area contributed by atoms with Crippen molar-refractivity contribution in [3.05, 3.63) is 53.8 Å². The van der Waals surface area contributed by atoms with Gasteiger partial charge in [0.1, 0.15) is 10.0 Å². The first-order chi connectivity index (χ1) is 11.6. The molecule has 9 heteroatoms.